The van der Waals surface area contributed by atoms with Crippen LogP contribution in [0.25, 0.3) is 10.6 Å². The van der Waals surface area contributed by atoms with Crippen LogP contribution in [0.15, 0.2) is 35.8 Å². The number of carbonyl (C=O) groups excluding carboxylic acids is 2. The van der Waals surface area contributed by atoms with Crippen LogP contribution in [0.2, 0.25) is 0 Å². The van der Waals surface area contributed by atoms with Crippen molar-refractivity contribution in [2.45, 2.75) is 13.5 Å². The predicted molar refractivity (Wildman–Crippen MR) is 105 cm³/mol. The second-order valence-corrected chi connectivity index (χ2v) is 6.90. The summed E-state index contributed by atoms with van der Waals surface area (Å²) in [5.41, 5.74) is 2.21. The molecule has 0 unspecified atom stereocenters. The second-order valence-electron chi connectivity index (χ2n) is 6.04. The summed E-state index contributed by atoms with van der Waals surface area (Å²) in [6.45, 7) is 1.48. The maximum Gasteiger partial charge on any atom is 0.355 e. The normalized spacial score (nSPS) is 10.6. The van der Waals surface area contributed by atoms with Crippen LogP contribution in [0.5, 0.6) is 11.5 Å². The van der Waals surface area contributed by atoms with Gasteiger partial charge in [-0.15, -0.1) is 11.3 Å². The van der Waals surface area contributed by atoms with Gasteiger partial charge in [0.2, 0.25) is 0 Å². The van der Waals surface area contributed by atoms with Crippen molar-refractivity contribution in [3.63, 3.8) is 0 Å². The Kier molecular flexibility index (Phi) is 5.79. The number of benzene rings is 1. The first-order chi connectivity index (χ1) is 13.4. The van der Waals surface area contributed by atoms with Gasteiger partial charge in [-0.05, 0) is 25.1 Å². The maximum atomic E-state index is 12.3. The summed E-state index contributed by atoms with van der Waals surface area (Å²) in [5, 5.41) is 2.56. The fourth-order valence-corrected chi connectivity index (χ4v) is 3.55. The molecule has 3 aromatic rings. The number of hydrogen-bond acceptors (Lipinski definition) is 7. The smallest absolute Gasteiger partial charge is 0.355 e. The summed E-state index contributed by atoms with van der Waals surface area (Å²) in [5.74, 6) is 0.603. The first-order valence-electron chi connectivity index (χ1n) is 8.44. The van der Waals surface area contributed by atoms with Crippen molar-refractivity contribution < 1.29 is 23.8 Å². The molecule has 0 atom stereocenters. The fraction of sp³-hybridized carbons (Fsp3) is 0.250. The third-order valence-corrected chi connectivity index (χ3v) is 5.08. The van der Waals surface area contributed by atoms with E-state index in [4.69, 9.17) is 14.2 Å². The van der Waals surface area contributed by atoms with Gasteiger partial charge in [0.25, 0.3) is 0 Å². The van der Waals surface area contributed by atoms with Gasteiger partial charge in [-0.2, -0.15) is 0 Å². The number of ketones is 1. The van der Waals surface area contributed by atoms with Crippen LogP contribution in [0.3, 0.4) is 0 Å². The average Bonchev–Trinajstić information content (AvgIpc) is 3.32. The summed E-state index contributed by atoms with van der Waals surface area (Å²) < 4.78 is 17.7. The van der Waals surface area contributed by atoms with E-state index in [9.17, 15) is 9.59 Å². The van der Waals surface area contributed by atoms with E-state index in [0.717, 1.165) is 10.6 Å². The molecule has 0 radical (unpaired) electrons. The SMILES string of the molecule is COc1cccc(-c2nc(COC(=O)c3cc(C(C)=O)cn3C)cs2)c1OC. The fourth-order valence-electron chi connectivity index (χ4n) is 2.73. The highest BCUT2D eigenvalue weighted by Crippen LogP contribution is 2.39. The van der Waals surface area contributed by atoms with E-state index < -0.39 is 5.97 Å². The third-order valence-electron chi connectivity index (χ3n) is 4.16. The van der Waals surface area contributed by atoms with Crippen LogP contribution in [0.4, 0.5) is 0 Å². The van der Waals surface area contributed by atoms with Gasteiger partial charge in [-0.1, -0.05) is 6.07 Å². The van der Waals surface area contributed by atoms with Crippen molar-refractivity contribution >= 4 is 23.1 Å². The van der Waals surface area contributed by atoms with Gasteiger partial charge >= 0.3 is 5.97 Å². The lowest BCUT2D eigenvalue weighted by molar-refractivity contribution is 0.0457. The topological polar surface area (TPSA) is 79.7 Å². The monoisotopic (exact) mass is 400 g/mol. The number of hydrogen-bond donors (Lipinski definition) is 0. The molecule has 2 heterocycles. The molecule has 0 aliphatic rings. The van der Waals surface area contributed by atoms with E-state index in [2.05, 4.69) is 4.98 Å². The number of esters is 1. The zero-order chi connectivity index (χ0) is 20.3. The molecule has 3 rings (SSSR count). The van der Waals surface area contributed by atoms with Crippen LogP contribution >= 0.6 is 11.3 Å². The van der Waals surface area contributed by atoms with Crippen molar-refractivity contribution in [3.8, 4) is 22.1 Å². The number of nitrogens with zero attached hydrogens (tertiary/aromatic N) is 2. The highest BCUT2D eigenvalue weighted by atomic mass is 32.1. The number of aromatic nitrogens is 2. The van der Waals surface area contributed by atoms with E-state index in [-0.39, 0.29) is 12.4 Å². The third kappa shape index (κ3) is 3.91. The molecule has 0 bridgehead atoms. The molecule has 0 N–H and O–H groups in total. The summed E-state index contributed by atoms with van der Waals surface area (Å²) in [7, 11) is 4.85. The molecule has 146 valence electrons. The van der Waals surface area contributed by atoms with Crippen molar-refractivity contribution in [1.29, 1.82) is 0 Å². The molecular weight excluding hydrogens is 380 g/mol. The minimum Gasteiger partial charge on any atom is -0.493 e. The van der Waals surface area contributed by atoms with Crippen molar-refractivity contribution in [1.82, 2.24) is 9.55 Å². The second kappa shape index (κ2) is 8.26. The van der Waals surface area contributed by atoms with Gasteiger partial charge in [0.05, 0.1) is 25.5 Å². The minimum atomic E-state index is -0.511. The van der Waals surface area contributed by atoms with Crippen LogP contribution in [-0.2, 0) is 18.4 Å². The highest BCUT2D eigenvalue weighted by molar-refractivity contribution is 7.13. The number of carbonyl (C=O) groups is 2. The van der Waals surface area contributed by atoms with Gasteiger partial charge < -0.3 is 18.8 Å². The van der Waals surface area contributed by atoms with Crippen molar-refractivity contribution in [2.24, 2.45) is 7.05 Å². The number of para-hydroxylation sites is 1. The van der Waals surface area contributed by atoms with Gasteiger partial charge in [-0.3, -0.25) is 4.79 Å². The van der Waals surface area contributed by atoms with Crippen molar-refractivity contribution in [2.75, 3.05) is 14.2 Å². The van der Waals surface area contributed by atoms with Crippen LogP contribution in [0.1, 0.15) is 33.5 Å². The molecule has 2 aromatic heterocycles. The first-order valence-corrected chi connectivity index (χ1v) is 9.32. The molecular formula is C20H20N2O5S. The Balaban J connectivity index is 1.74. The first kappa shape index (κ1) is 19.6. The number of Topliss-reactive ketones (excluding diaryl/α,β-unsaturated/α-hetero) is 1. The number of thiazole rings is 1. The highest BCUT2D eigenvalue weighted by Gasteiger charge is 2.17. The van der Waals surface area contributed by atoms with E-state index >= 15 is 0 Å². The molecule has 7 nitrogen and oxygen atoms in total. The molecule has 0 amide bonds. The number of methoxy groups -OCH3 is 2. The Morgan fingerprint density at radius 2 is 2.00 bits per heavy atom. The lowest BCUT2D eigenvalue weighted by Crippen LogP contribution is -2.09. The molecule has 0 spiro atoms. The van der Waals surface area contributed by atoms with Gasteiger partial charge in [0, 0.05) is 24.2 Å². The van der Waals surface area contributed by atoms with Crippen LogP contribution in [-0.4, -0.2) is 35.5 Å². The van der Waals surface area contributed by atoms with Gasteiger partial charge in [0.15, 0.2) is 17.3 Å². The molecule has 0 fully saturated rings. The summed E-state index contributed by atoms with van der Waals surface area (Å²) in [6.07, 6.45) is 1.61. The molecule has 0 saturated carbocycles. The molecule has 0 saturated heterocycles. The predicted octanol–water partition coefficient (Wildman–Crippen LogP) is 3.73. The molecule has 8 heteroatoms. The zero-order valence-electron chi connectivity index (χ0n) is 16.0. The molecule has 0 aliphatic carbocycles. The minimum absolute atomic E-state index is 0.0300. The van der Waals surface area contributed by atoms with Crippen molar-refractivity contribution in [3.05, 3.63) is 52.8 Å². The summed E-state index contributed by atoms with van der Waals surface area (Å²) >= 11 is 1.42. The zero-order valence-corrected chi connectivity index (χ0v) is 16.8. The number of ether oxygens (including phenoxy) is 3. The number of aryl methyl sites for hydroxylation is 1. The molecule has 1 aromatic carbocycles. The summed E-state index contributed by atoms with van der Waals surface area (Å²) in [4.78, 5) is 28.3. The summed E-state index contributed by atoms with van der Waals surface area (Å²) in [6, 6.07) is 7.09. The van der Waals surface area contributed by atoms with Crippen LogP contribution < -0.4 is 9.47 Å². The molecule has 28 heavy (non-hydrogen) atoms. The average molecular weight is 400 g/mol. The van der Waals surface area contributed by atoms with E-state index in [1.165, 1.54) is 24.3 Å². The van der Waals surface area contributed by atoms with Gasteiger partial charge in [0.1, 0.15) is 17.3 Å². The Bertz CT molecular complexity index is 1020. The Hall–Kier alpha value is -3.13. The standard InChI is InChI=1S/C20H20N2O5S/c1-12(23)13-8-16(22(2)9-13)20(24)27-10-14-11-28-19(21-14)15-6-5-7-17(25-3)18(15)26-4/h5-9,11H,10H2,1-4H3. The largest absolute Gasteiger partial charge is 0.493 e. The maximum absolute atomic E-state index is 12.3. The van der Waals surface area contributed by atoms with E-state index in [1.807, 2.05) is 23.6 Å². The Labute approximate surface area is 166 Å². The lowest BCUT2D eigenvalue weighted by atomic mass is 10.2. The number of rotatable bonds is 7. The molecule has 0 aliphatic heterocycles. The van der Waals surface area contributed by atoms with E-state index in [0.29, 0.717) is 28.5 Å². The Morgan fingerprint density at radius 3 is 2.64 bits per heavy atom. The van der Waals surface area contributed by atoms with E-state index in [1.54, 1.807) is 32.0 Å². The van der Waals surface area contributed by atoms with Crippen LogP contribution in [0, 0.1) is 0 Å². The lowest BCUT2D eigenvalue weighted by Gasteiger charge is -2.10. The Morgan fingerprint density at radius 1 is 1.21 bits per heavy atom. The van der Waals surface area contributed by atoms with Gasteiger partial charge in [-0.25, -0.2) is 9.78 Å². The quantitative estimate of drug-likeness (QED) is 0.444.